The van der Waals surface area contributed by atoms with Crippen molar-refractivity contribution in [3.05, 3.63) is 48.0 Å². The molecule has 6 heteroatoms. The maximum Gasteiger partial charge on any atom is 0.229 e. The number of benzene rings is 2. The first-order valence-electron chi connectivity index (χ1n) is 8.41. The zero-order chi connectivity index (χ0) is 18.7. The highest BCUT2D eigenvalue weighted by Gasteiger charge is 2.36. The molecule has 0 spiro atoms. The minimum absolute atomic E-state index is 0.111. The van der Waals surface area contributed by atoms with Crippen LogP contribution in [-0.4, -0.2) is 32.6 Å². The molecule has 26 heavy (non-hydrogen) atoms. The Morgan fingerprint density at radius 3 is 2.50 bits per heavy atom. The Labute approximate surface area is 152 Å². The molecule has 3 rings (SSSR count). The molecule has 2 amide bonds. The van der Waals surface area contributed by atoms with E-state index >= 15 is 0 Å². The van der Waals surface area contributed by atoms with Gasteiger partial charge in [0.1, 0.15) is 11.5 Å². The van der Waals surface area contributed by atoms with E-state index in [1.165, 1.54) is 0 Å². The molecule has 0 radical (unpaired) electrons. The maximum absolute atomic E-state index is 12.6. The number of carbonyl (C=O) groups is 2. The van der Waals surface area contributed by atoms with Crippen molar-refractivity contribution >= 4 is 23.2 Å². The summed E-state index contributed by atoms with van der Waals surface area (Å²) >= 11 is 0. The second-order valence-electron chi connectivity index (χ2n) is 6.30. The van der Waals surface area contributed by atoms with E-state index in [0.29, 0.717) is 23.7 Å². The SMILES string of the molecule is COc1ccc(OC)c(N2C[C@@H](C(=O)Nc3ccc(C)cc3)CC2=O)c1. The third-order valence-electron chi connectivity index (χ3n) is 4.49. The normalized spacial score (nSPS) is 16.5. The van der Waals surface area contributed by atoms with Gasteiger partial charge in [0.05, 0.1) is 25.8 Å². The lowest BCUT2D eigenvalue weighted by Crippen LogP contribution is -2.28. The van der Waals surface area contributed by atoms with Crippen molar-refractivity contribution in [1.82, 2.24) is 0 Å². The van der Waals surface area contributed by atoms with Gasteiger partial charge in [-0.1, -0.05) is 17.7 Å². The molecule has 1 N–H and O–H groups in total. The fourth-order valence-electron chi connectivity index (χ4n) is 3.00. The van der Waals surface area contributed by atoms with Gasteiger partial charge in [-0.2, -0.15) is 0 Å². The first-order chi connectivity index (χ1) is 12.5. The average molecular weight is 354 g/mol. The number of carbonyl (C=O) groups excluding carboxylic acids is 2. The Kier molecular flexibility index (Phi) is 5.11. The van der Waals surface area contributed by atoms with E-state index in [4.69, 9.17) is 9.47 Å². The van der Waals surface area contributed by atoms with Crippen LogP contribution in [0.1, 0.15) is 12.0 Å². The lowest BCUT2D eigenvalue weighted by Gasteiger charge is -2.20. The predicted octanol–water partition coefficient (Wildman–Crippen LogP) is 3.00. The highest BCUT2D eigenvalue weighted by Crippen LogP contribution is 2.36. The molecule has 0 aliphatic carbocycles. The molecule has 1 fully saturated rings. The summed E-state index contributed by atoms with van der Waals surface area (Å²) in [6, 6.07) is 12.8. The summed E-state index contributed by atoms with van der Waals surface area (Å²) in [4.78, 5) is 26.6. The minimum Gasteiger partial charge on any atom is -0.497 e. The Morgan fingerprint density at radius 1 is 1.12 bits per heavy atom. The fourth-order valence-corrected chi connectivity index (χ4v) is 3.00. The molecule has 1 saturated heterocycles. The molecular formula is C20H22N2O4. The first kappa shape index (κ1) is 17.8. The van der Waals surface area contributed by atoms with E-state index in [2.05, 4.69) is 5.32 Å². The number of hydrogen-bond donors (Lipinski definition) is 1. The van der Waals surface area contributed by atoms with Crippen LogP contribution < -0.4 is 19.7 Å². The van der Waals surface area contributed by atoms with Crippen LogP contribution in [0.4, 0.5) is 11.4 Å². The summed E-state index contributed by atoms with van der Waals surface area (Å²) < 4.78 is 10.6. The molecule has 1 aliphatic rings. The predicted molar refractivity (Wildman–Crippen MR) is 99.8 cm³/mol. The van der Waals surface area contributed by atoms with Gasteiger partial charge in [-0.3, -0.25) is 9.59 Å². The van der Waals surface area contributed by atoms with Crippen LogP contribution in [0.5, 0.6) is 11.5 Å². The van der Waals surface area contributed by atoms with Crippen LogP contribution in [0.3, 0.4) is 0 Å². The summed E-state index contributed by atoms with van der Waals surface area (Å²) in [7, 11) is 3.11. The zero-order valence-electron chi connectivity index (χ0n) is 15.1. The number of anilines is 2. The van der Waals surface area contributed by atoms with E-state index in [1.54, 1.807) is 37.3 Å². The smallest absolute Gasteiger partial charge is 0.229 e. The summed E-state index contributed by atoms with van der Waals surface area (Å²) in [6.07, 6.45) is 0.165. The Balaban J connectivity index is 1.76. The molecule has 0 unspecified atom stereocenters. The molecule has 0 saturated carbocycles. The number of hydrogen-bond acceptors (Lipinski definition) is 4. The van der Waals surface area contributed by atoms with Crippen molar-refractivity contribution in [2.45, 2.75) is 13.3 Å². The van der Waals surface area contributed by atoms with Gasteiger partial charge in [-0.15, -0.1) is 0 Å². The van der Waals surface area contributed by atoms with Crippen LogP contribution in [0.25, 0.3) is 0 Å². The summed E-state index contributed by atoms with van der Waals surface area (Å²) in [5.74, 6) is 0.506. The number of rotatable bonds is 5. The largest absolute Gasteiger partial charge is 0.497 e. The molecule has 1 aliphatic heterocycles. The summed E-state index contributed by atoms with van der Waals surface area (Å²) in [5, 5.41) is 2.88. The van der Waals surface area contributed by atoms with E-state index < -0.39 is 5.92 Å². The van der Waals surface area contributed by atoms with Crippen LogP contribution in [0, 0.1) is 12.8 Å². The number of ether oxygens (including phenoxy) is 2. The van der Waals surface area contributed by atoms with Gasteiger partial charge in [-0.25, -0.2) is 0 Å². The number of nitrogens with one attached hydrogen (secondary N) is 1. The van der Waals surface area contributed by atoms with E-state index in [1.807, 2.05) is 31.2 Å². The molecule has 1 heterocycles. The molecule has 2 aromatic carbocycles. The van der Waals surface area contributed by atoms with Gasteiger partial charge in [0.2, 0.25) is 11.8 Å². The number of methoxy groups -OCH3 is 2. The van der Waals surface area contributed by atoms with Gasteiger partial charge in [0, 0.05) is 24.7 Å². The quantitative estimate of drug-likeness (QED) is 0.896. The minimum atomic E-state index is -0.417. The topological polar surface area (TPSA) is 67.9 Å². The van der Waals surface area contributed by atoms with Crippen molar-refractivity contribution in [2.75, 3.05) is 31.0 Å². The van der Waals surface area contributed by atoms with Crippen LogP contribution >= 0.6 is 0 Å². The first-order valence-corrected chi connectivity index (χ1v) is 8.41. The van der Waals surface area contributed by atoms with Crippen molar-refractivity contribution in [3.63, 3.8) is 0 Å². The van der Waals surface area contributed by atoms with Gasteiger partial charge < -0.3 is 19.7 Å². The zero-order valence-corrected chi connectivity index (χ0v) is 15.1. The van der Waals surface area contributed by atoms with E-state index in [0.717, 1.165) is 11.3 Å². The number of nitrogens with zero attached hydrogens (tertiary/aromatic N) is 1. The van der Waals surface area contributed by atoms with Crippen molar-refractivity contribution in [1.29, 1.82) is 0 Å². The molecule has 1 atom stereocenters. The number of aryl methyl sites for hydroxylation is 1. The van der Waals surface area contributed by atoms with Crippen LogP contribution in [-0.2, 0) is 9.59 Å². The Hall–Kier alpha value is -3.02. The second-order valence-corrected chi connectivity index (χ2v) is 6.30. The maximum atomic E-state index is 12.6. The molecule has 6 nitrogen and oxygen atoms in total. The van der Waals surface area contributed by atoms with E-state index in [9.17, 15) is 9.59 Å². The van der Waals surface area contributed by atoms with Gasteiger partial charge in [0.25, 0.3) is 0 Å². The Morgan fingerprint density at radius 2 is 1.85 bits per heavy atom. The third-order valence-corrected chi connectivity index (χ3v) is 4.49. The molecule has 0 bridgehead atoms. The fraction of sp³-hybridized carbons (Fsp3) is 0.300. The monoisotopic (exact) mass is 354 g/mol. The standard InChI is InChI=1S/C20H22N2O4/c1-13-4-6-15(7-5-13)21-20(24)14-10-19(23)22(12-14)17-11-16(25-2)8-9-18(17)26-3/h4-9,11,14H,10,12H2,1-3H3,(H,21,24)/t14-/m0/s1. The number of amides is 2. The van der Waals surface area contributed by atoms with E-state index in [-0.39, 0.29) is 18.2 Å². The lowest BCUT2D eigenvalue weighted by atomic mass is 10.1. The Bertz CT molecular complexity index is 817. The molecular weight excluding hydrogens is 332 g/mol. The third kappa shape index (κ3) is 3.64. The van der Waals surface area contributed by atoms with Crippen molar-refractivity contribution in [3.8, 4) is 11.5 Å². The second kappa shape index (κ2) is 7.47. The molecule has 136 valence electrons. The van der Waals surface area contributed by atoms with Gasteiger partial charge in [-0.05, 0) is 31.2 Å². The van der Waals surface area contributed by atoms with Gasteiger partial charge in [0.15, 0.2) is 0 Å². The van der Waals surface area contributed by atoms with Crippen molar-refractivity contribution in [2.24, 2.45) is 5.92 Å². The summed E-state index contributed by atoms with van der Waals surface area (Å²) in [6.45, 7) is 2.29. The van der Waals surface area contributed by atoms with Crippen LogP contribution in [0.15, 0.2) is 42.5 Å². The lowest BCUT2D eigenvalue weighted by molar-refractivity contribution is -0.122. The van der Waals surface area contributed by atoms with Crippen LogP contribution in [0.2, 0.25) is 0 Å². The van der Waals surface area contributed by atoms with Gasteiger partial charge >= 0.3 is 0 Å². The highest BCUT2D eigenvalue weighted by atomic mass is 16.5. The molecule has 0 aromatic heterocycles. The van der Waals surface area contributed by atoms with Crippen molar-refractivity contribution < 1.29 is 19.1 Å². The molecule has 2 aromatic rings. The summed E-state index contributed by atoms with van der Waals surface area (Å²) in [5.41, 5.74) is 2.46. The highest BCUT2D eigenvalue weighted by molar-refractivity contribution is 6.04. The average Bonchev–Trinajstić information content (AvgIpc) is 3.04.